The highest BCUT2D eigenvalue weighted by atomic mass is 16.3. The first kappa shape index (κ1) is 33.2. The van der Waals surface area contributed by atoms with Gasteiger partial charge in [0.15, 0.2) is 0 Å². The molecule has 5 rings (SSSR count). The average Bonchev–Trinajstić information content (AvgIpc) is 3.05. The number of amides is 2. The van der Waals surface area contributed by atoms with Gasteiger partial charge in [-0.2, -0.15) is 0 Å². The molecule has 2 amide bonds. The molecule has 0 spiro atoms. The van der Waals surface area contributed by atoms with Gasteiger partial charge in [-0.25, -0.2) is 0 Å². The summed E-state index contributed by atoms with van der Waals surface area (Å²) in [6, 6.07) is 25.4. The molecule has 0 unspecified atom stereocenters. The highest BCUT2D eigenvalue weighted by molar-refractivity contribution is 6.08. The Morgan fingerprint density at radius 1 is 0.542 bits per heavy atom. The van der Waals surface area contributed by atoms with Gasteiger partial charge in [-0.3, -0.25) is 15.3 Å². The summed E-state index contributed by atoms with van der Waals surface area (Å²) < 4.78 is 0. The van der Waals surface area contributed by atoms with E-state index >= 15 is 0 Å². The summed E-state index contributed by atoms with van der Waals surface area (Å²) in [6.45, 7) is 7.79. The molecule has 245 valence electrons. The number of nitrogen functional groups attached to an aromatic ring is 1. The van der Waals surface area contributed by atoms with E-state index in [1.54, 1.807) is 48.5 Å². The minimum Gasteiger partial charge on any atom is -0.506 e. The Kier molecular flexibility index (Phi) is 8.69. The third-order valence-electron chi connectivity index (χ3n) is 8.81. The van der Waals surface area contributed by atoms with E-state index in [0.717, 1.165) is 22.3 Å². The van der Waals surface area contributed by atoms with E-state index in [-0.39, 0.29) is 56.9 Å². The van der Waals surface area contributed by atoms with Crippen molar-refractivity contribution in [1.29, 1.82) is 0 Å². The van der Waals surface area contributed by atoms with E-state index in [0.29, 0.717) is 0 Å². The van der Waals surface area contributed by atoms with Crippen LogP contribution >= 0.6 is 0 Å². The van der Waals surface area contributed by atoms with Crippen molar-refractivity contribution < 1.29 is 30.0 Å². The van der Waals surface area contributed by atoms with Crippen LogP contribution in [-0.2, 0) is 10.8 Å². The van der Waals surface area contributed by atoms with Crippen molar-refractivity contribution in [3.63, 3.8) is 0 Å². The molecule has 10 nitrogen and oxygen atoms in total. The minimum absolute atomic E-state index is 0.00382. The van der Waals surface area contributed by atoms with E-state index in [2.05, 4.69) is 10.6 Å². The lowest BCUT2D eigenvalue weighted by atomic mass is 9.77. The molecular formula is C38H37N4O6. The summed E-state index contributed by atoms with van der Waals surface area (Å²) in [6.07, 6.45) is 0. The monoisotopic (exact) mass is 645 g/mol. The SMILES string of the molecule is CC(C)(c1ccc(O)c([NH])c1)c1ccc(O)c(NC(=O)c2ccc(C(=O)Nc3cc(C(C)(C)c4ccc(O)c(N)c4)ccc3O)cc2)c1. The first-order valence-electron chi connectivity index (χ1n) is 15.1. The quantitative estimate of drug-likeness (QED) is 0.0688. The molecule has 0 aliphatic carbocycles. The second-order valence-electron chi connectivity index (χ2n) is 12.7. The Morgan fingerprint density at radius 2 is 0.896 bits per heavy atom. The van der Waals surface area contributed by atoms with Crippen molar-refractivity contribution in [2.45, 2.75) is 38.5 Å². The third kappa shape index (κ3) is 6.54. The molecule has 0 bridgehead atoms. The molecule has 0 aromatic heterocycles. The van der Waals surface area contributed by atoms with Gasteiger partial charge in [0.25, 0.3) is 11.8 Å². The maximum Gasteiger partial charge on any atom is 0.255 e. The van der Waals surface area contributed by atoms with E-state index in [9.17, 15) is 30.0 Å². The van der Waals surface area contributed by atoms with Gasteiger partial charge in [0.2, 0.25) is 0 Å². The van der Waals surface area contributed by atoms with Gasteiger partial charge in [0.05, 0.1) is 22.7 Å². The Balaban J connectivity index is 1.30. The fourth-order valence-electron chi connectivity index (χ4n) is 5.41. The van der Waals surface area contributed by atoms with Gasteiger partial charge in [-0.1, -0.05) is 52.0 Å². The third-order valence-corrected chi connectivity index (χ3v) is 8.81. The van der Waals surface area contributed by atoms with Crippen LogP contribution < -0.4 is 22.1 Å². The van der Waals surface area contributed by atoms with E-state index < -0.39 is 22.6 Å². The molecule has 0 atom stereocenters. The molecule has 0 aliphatic heterocycles. The molecule has 48 heavy (non-hydrogen) atoms. The predicted octanol–water partition coefficient (Wildman–Crippen LogP) is 7.16. The summed E-state index contributed by atoms with van der Waals surface area (Å²) >= 11 is 0. The number of aromatic hydroxyl groups is 4. The number of anilines is 3. The van der Waals surface area contributed by atoms with Crippen LogP contribution in [0.1, 0.15) is 70.7 Å². The zero-order valence-corrected chi connectivity index (χ0v) is 26.9. The second kappa shape index (κ2) is 12.6. The lowest BCUT2D eigenvalue weighted by Crippen LogP contribution is -2.20. The lowest BCUT2D eigenvalue weighted by Gasteiger charge is -2.27. The molecule has 1 radical (unpaired) electrons. The molecule has 0 saturated carbocycles. The van der Waals surface area contributed by atoms with Crippen molar-refractivity contribution in [2.75, 3.05) is 16.4 Å². The van der Waals surface area contributed by atoms with Crippen molar-refractivity contribution in [1.82, 2.24) is 5.73 Å². The van der Waals surface area contributed by atoms with Crippen LogP contribution in [0.3, 0.4) is 0 Å². The number of nitrogens with one attached hydrogen (secondary N) is 3. The van der Waals surface area contributed by atoms with Gasteiger partial charge in [-0.05, 0) is 95.1 Å². The van der Waals surface area contributed by atoms with Crippen LogP contribution in [0, 0.1) is 0 Å². The summed E-state index contributed by atoms with van der Waals surface area (Å²) in [7, 11) is 0. The van der Waals surface area contributed by atoms with Crippen LogP contribution in [0.2, 0.25) is 0 Å². The normalized spacial score (nSPS) is 11.6. The number of rotatable bonds is 8. The highest BCUT2D eigenvalue weighted by Gasteiger charge is 2.27. The van der Waals surface area contributed by atoms with Crippen molar-refractivity contribution >= 4 is 34.6 Å². The topological polar surface area (TPSA) is 189 Å². The van der Waals surface area contributed by atoms with Crippen molar-refractivity contribution in [3.05, 3.63) is 130 Å². The molecular weight excluding hydrogens is 608 g/mol. The number of nitrogens with two attached hydrogens (primary N) is 1. The van der Waals surface area contributed by atoms with Crippen molar-refractivity contribution in [3.8, 4) is 23.0 Å². The van der Waals surface area contributed by atoms with Crippen molar-refractivity contribution in [2.24, 2.45) is 0 Å². The molecule has 0 heterocycles. The molecule has 0 aliphatic rings. The predicted molar refractivity (Wildman–Crippen MR) is 186 cm³/mol. The smallest absolute Gasteiger partial charge is 0.255 e. The first-order valence-corrected chi connectivity index (χ1v) is 15.1. The molecule has 0 fully saturated rings. The minimum atomic E-state index is -0.616. The Hall–Kier alpha value is -6.16. The fraction of sp³-hybridized carbons (Fsp3) is 0.158. The van der Waals surface area contributed by atoms with Gasteiger partial charge >= 0.3 is 0 Å². The second-order valence-corrected chi connectivity index (χ2v) is 12.7. The number of hydrogen-bond acceptors (Lipinski definition) is 7. The molecule has 0 saturated heterocycles. The van der Waals surface area contributed by atoms with E-state index in [1.165, 1.54) is 48.5 Å². The number of phenols is 4. The molecule has 5 aromatic rings. The number of hydrogen-bond donors (Lipinski definition) is 7. The standard InChI is InChI=1S/C38H37N4O6/c1-37(2,23-9-13-31(43)27(39)17-23)25-11-15-33(45)29(19-25)41-35(47)21-5-7-22(8-6-21)36(48)42-30-20-26(12-16-34(30)46)38(3,4)24-10-14-32(44)28(40)18-24/h5-20,39,43-46H,40H2,1-4H3,(H,41,47)(H,42,48). The van der Waals surface area contributed by atoms with Gasteiger partial charge in [-0.15, -0.1) is 0 Å². The zero-order valence-electron chi connectivity index (χ0n) is 26.9. The number of phenolic OH excluding ortho intramolecular Hbond substituents is 4. The zero-order chi connectivity index (χ0) is 35.0. The van der Waals surface area contributed by atoms with Gasteiger partial charge in [0, 0.05) is 22.0 Å². The Bertz CT molecular complexity index is 1890. The number of carbonyl (C=O) groups is 2. The lowest BCUT2D eigenvalue weighted by molar-refractivity contribution is 0.101. The van der Waals surface area contributed by atoms with Crippen LogP contribution in [-0.4, -0.2) is 32.2 Å². The van der Waals surface area contributed by atoms with E-state index in [1.807, 2.05) is 27.7 Å². The Labute approximate surface area is 278 Å². The van der Waals surface area contributed by atoms with Crippen LogP contribution in [0.25, 0.3) is 0 Å². The van der Waals surface area contributed by atoms with Crippen LogP contribution in [0.15, 0.2) is 97.1 Å². The highest BCUT2D eigenvalue weighted by Crippen LogP contribution is 2.39. The van der Waals surface area contributed by atoms with Crippen LogP contribution in [0.4, 0.5) is 22.7 Å². The van der Waals surface area contributed by atoms with Crippen LogP contribution in [0.5, 0.6) is 23.0 Å². The average molecular weight is 646 g/mol. The molecule has 9 N–H and O–H groups in total. The molecule has 5 aromatic carbocycles. The summed E-state index contributed by atoms with van der Waals surface area (Å²) in [5.41, 5.74) is 16.9. The summed E-state index contributed by atoms with van der Waals surface area (Å²) in [4.78, 5) is 26.3. The van der Waals surface area contributed by atoms with Gasteiger partial charge < -0.3 is 36.8 Å². The van der Waals surface area contributed by atoms with E-state index in [4.69, 9.17) is 11.5 Å². The largest absolute Gasteiger partial charge is 0.506 e. The maximum absolute atomic E-state index is 13.2. The summed E-state index contributed by atoms with van der Waals surface area (Å²) in [5, 5.41) is 46.1. The number of benzene rings is 5. The molecule has 10 heteroatoms. The number of carbonyl (C=O) groups excluding carboxylic acids is 2. The first-order chi connectivity index (χ1) is 22.6. The Morgan fingerprint density at radius 3 is 1.29 bits per heavy atom. The van der Waals surface area contributed by atoms with Gasteiger partial charge in [0.1, 0.15) is 23.0 Å². The maximum atomic E-state index is 13.2. The fourth-order valence-corrected chi connectivity index (χ4v) is 5.41. The summed E-state index contributed by atoms with van der Waals surface area (Å²) in [5.74, 6) is -1.41.